The van der Waals surface area contributed by atoms with Crippen LogP contribution in [0.4, 0.5) is 0 Å². The lowest BCUT2D eigenvalue weighted by atomic mass is 9.72. The molecule has 2 atom stereocenters. The molecule has 3 rings (SSSR count). The third-order valence-corrected chi connectivity index (χ3v) is 5.48. The first kappa shape index (κ1) is 14.8. The highest BCUT2D eigenvalue weighted by atomic mass is 16.5. The van der Waals surface area contributed by atoms with Gasteiger partial charge in [-0.15, -0.1) is 0 Å². The van der Waals surface area contributed by atoms with Crippen LogP contribution in [-0.4, -0.2) is 61.5 Å². The molecule has 0 aromatic carbocycles. The van der Waals surface area contributed by atoms with Crippen molar-refractivity contribution in [3.8, 4) is 0 Å². The van der Waals surface area contributed by atoms with Crippen LogP contribution in [0, 0.1) is 17.3 Å². The number of carbonyl (C=O) groups excluding carboxylic acids is 2. The van der Waals surface area contributed by atoms with Gasteiger partial charge in [-0.3, -0.25) is 9.59 Å². The van der Waals surface area contributed by atoms with E-state index in [9.17, 15) is 9.59 Å². The van der Waals surface area contributed by atoms with Gasteiger partial charge in [-0.25, -0.2) is 0 Å². The minimum Gasteiger partial charge on any atom is -0.377 e. The monoisotopic (exact) mass is 294 g/mol. The van der Waals surface area contributed by atoms with E-state index in [4.69, 9.17) is 4.74 Å². The molecule has 2 amide bonds. The van der Waals surface area contributed by atoms with E-state index in [1.54, 1.807) is 19.0 Å². The lowest BCUT2D eigenvalue weighted by Gasteiger charge is -2.45. The van der Waals surface area contributed by atoms with Crippen molar-refractivity contribution >= 4 is 11.8 Å². The van der Waals surface area contributed by atoms with Crippen LogP contribution in [0.1, 0.15) is 32.6 Å². The summed E-state index contributed by atoms with van der Waals surface area (Å²) in [5.74, 6) is 1.22. The van der Waals surface area contributed by atoms with Crippen molar-refractivity contribution in [3.05, 3.63) is 0 Å². The van der Waals surface area contributed by atoms with Gasteiger partial charge in [0, 0.05) is 39.7 Å². The zero-order chi connectivity index (χ0) is 15.2. The predicted octanol–water partition coefficient (Wildman–Crippen LogP) is 1.13. The molecular formula is C16H26N2O3. The summed E-state index contributed by atoms with van der Waals surface area (Å²) in [6.07, 6.45) is 3.51. The number of rotatable bonds is 2. The smallest absolute Gasteiger partial charge is 0.232 e. The summed E-state index contributed by atoms with van der Waals surface area (Å²) in [5.41, 5.74) is -0.507. The Morgan fingerprint density at radius 1 is 1.29 bits per heavy atom. The van der Waals surface area contributed by atoms with Gasteiger partial charge in [0.25, 0.3) is 0 Å². The van der Waals surface area contributed by atoms with Gasteiger partial charge in [0.2, 0.25) is 11.8 Å². The Morgan fingerprint density at radius 3 is 2.62 bits per heavy atom. The summed E-state index contributed by atoms with van der Waals surface area (Å²) >= 11 is 0. The van der Waals surface area contributed by atoms with Crippen LogP contribution in [0.3, 0.4) is 0 Å². The standard InChI is InChI=1S/C16H26N2O3/c1-11-8-12(9-11)14(19)18-6-4-13-16(10-18,5-7-21-13)15(20)17(2)3/h11-13H,4-10H2,1-3H3/t11?,12?,13-,16-/m1/s1. The number of fused-ring (bicyclic) bond motifs is 1. The molecule has 5 heteroatoms. The van der Waals surface area contributed by atoms with Crippen LogP contribution in [0.5, 0.6) is 0 Å². The number of hydrogen-bond donors (Lipinski definition) is 0. The van der Waals surface area contributed by atoms with Crippen molar-refractivity contribution in [1.82, 2.24) is 9.80 Å². The van der Waals surface area contributed by atoms with Crippen molar-refractivity contribution in [3.63, 3.8) is 0 Å². The average molecular weight is 294 g/mol. The number of hydrogen-bond acceptors (Lipinski definition) is 3. The number of ether oxygens (including phenoxy) is 1. The van der Waals surface area contributed by atoms with Gasteiger partial charge >= 0.3 is 0 Å². The zero-order valence-corrected chi connectivity index (χ0v) is 13.3. The predicted molar refractivity (Wildman–Crippen MR) is 78.6 cm³/mol. The maximum Gasteiger partial charge on any atom is 0.232 e. The van der Waals surface area contributed by atoms with Gasteiger partial charge in [0.05, 0.1) is 11.5 Å². The number of likely N-dealkylation sites (tertiary alicyclic amines) is 1. The minimum atomic E-state index is -0.507. The van der Waals surface area contributed by atoms with Crippen LogP contribution in [0.2, 0.25) is 0 Å². The molecule has 1 saturated carbocycles. The Balaban J connectivity index is 1.75. The molecular weight excluding hydrogens is 268 g/mol. The van der Waals surface area contributed by atoms with E-state index in [1.807, 2.05) is 4.90 Å². The zero-order valence-electron chi connectivity index (χ0n) is 13.3. The highest BCUT2D eigenvalue weighted by Gasteiger charge is 2.55. The fourth-order valence-corrected chi connectivity index (χ4v) is 4.24. The Bertz CT molecular complexity index is 445. The summed E-state index contributed by atoms with van der Waals surface area (Å²) in [6, 6.07) is 0. The van der Waals surface area contributed by atoms with Gasteiger partial charge in [-0.05, 0) is 31.6 Å². The summed E-state index contributed by atoms with van der Waals surface area (Å²) in [4.78, 5) is 28.9. The molecule has 0 unspecified atom stereocenters. The summed E-state index contributed by atoms with van der Waals surface area (Å²) < 4.78 is 5.79. The molecule has 2 aliphatic heterocycles. The maximum atomic E-state index is 12.7. The number of amides is 2. The molecule has 0 aromatic heterocycles. The van der Waals surface area contributed by atoms with Crippen LogP contribution in [-0.2, 0) is 14.3 Å². The Labute approximate surface area is 126 Å². The number of nitrogens with zero attached hydrogens (tertiary/aromatic N) is 2. The quantitative estimate of drug-likeness (QED) is 0.767. The van der Waals surface area contributed by atoms with Crippen molar-refractivity contribution < 1.29 is 14.3 Å². The lowest BCUT2D eigenvalue weighted by Crippen LogP contribution is -2.59. The number of piperidine rings is 1. The van der Waals surface area contributed by atoms with Gasteiger partial charge in [-0.1, -0.05) is 6.92 Å². The molecule has 2 heterocycles. The van der Waals surface area contributed by atoms with Crippen molar-refractivity contribution in [1.29, 1.82) is 0 Å². The third-order valence-electron chi connectivity index (χ3n) is 5.48. The SMILES string of the molecule is CC1CC(C(=O)N2CC[C@H]3OCC[C@@]3(C(=O)N(C)C)C2)C1. The first-order valence-corrected chi connectivity index (χ1v) is 8.06. The second-order valence-electron chi connectivity index (χ2n) is 7.29. The molecule has 0 radical (unpaired) electrons. The topological polar surface area (TPSA) is 49.9 Å². The summed E-state index contributed by atoms with van der Waals surface area (Å²) in [5, 5.41) is 0. The van der Waals surface area contributed by atoms with Crippen LogP contribution >= 0.6 is 0 Å². The molecule has 21 heavy (non-hydrogen) atoms. The Morgan fingerprint density at radius 2 is 2.00 bits per heavy atom. The molecule has 3 aliphatic rings. The van der Waals surface area contributed by atoms with E-state index >= 15 is 0 Å². The molecule has 118 valence electrons. The fraction of sp³-hybridized carbons (Fsp3) is 0.875. The van der Waals surface area contributed by atoms with E-state index in [0.29, 0.717) is 19.1 Å². The molecule has 0 bridgehead atoms. The summed E-state index contributed by atoms with van der Waals surface area (Å²) in [6.45, 7) is 4.10. The minimum absolute atomic E-state index is 0.0169. The normalized spacial score (nSPS) is 38.6. The summed E-state index contributed by atoms with van der Waals surface area (Å²) in [7, 11) is 3.59. The Kier molecular flexibility index (Phi) is 3.72. The Hall–Kier alpha value is -1.10. The highest BCUT2D eigenvalue weighted by Crippen LogP contribution is 2.43. The first-order valence-electron chi connectivity index (χ1n) is 8.06. The first-order chi connectivity index (χ1) is 9.94. The van der Waals surface area contributed by atoms with Gasteiger partial charge in [-0.2, -0.15) is 0 Å². The van der Waals surface area contributed by atoms with Crippen LogP contribution < -0.4 is 0 Å². The van der Waals surface area contributed by atoms with E-state index in [-0.39, 0.29) is 23.8 Å². The second kappa shape index (κ2) is 5.27. The number of carbonyl (C=O) groups is 2. The largest absolute Gasteiger partial charge is 0.377 e. The van der Waals surface area contributed by atoms with Crippen molar-refractivity contribution in [2.24, 2.45) is 17.3 Å². The van der Waals surface area contributed by atoms with E-state index in [2.05, 4.69) is 6.92 Å². The lowest BCUT2D eigenvalue weighted by molar-refractivity contribution is -0.155. The van der Waals surface area contributed by atoms with Crippen LogP contribution in [0.15, 0.2) is 0 Å². The van der Waals surface area contributed by atoms with Crippen LogP contribution in [0.25, 0.3) is 0 Å². The van der Waals surface area contributed by atoms with Gasteiger partial charge in [0.15, 0.2) is 0 Å². The molecule has 0 spiro atoms. The second-order valence-corrected chi connectivity index (χ2v) is 7.29. The van der Waals surface area contributed by atoms with Gasteiger partial charge in [0.1, 0.15) is 0 Å². The molecule has 2 saturated heterocycles. The van der Waals surface area contributed by atoms with Crippen molar-refractivity contribution in [2.75, 3.05) is 33.8 Å². The molecule has 1 aliphatic carbocycles. The molecule has 0 aromatic rings. The van der Waals surface area contributed by atoms with E-state index < -0.39 is 5.41 Å². The van der Waals surface area contributed by atoms with E-state index in [0.717, 1.165) is 32.2 Å². The third kappa shape index (κ3) is 2.35. The molecule has 0 N–H and O–H groups in total. The fourth-order valence-electron chi connectivity index (χ4n) is 4.24. The molecule has 5 nitrogen and oxygen atoms in total. The average Bonchev–Trinajstić information content (AvgIpc) is 2.86. The molecule has 3 fully saturated rings. The van der Waals surface area contributed by atoms with E-state index in [1.165, 1.54) is 0 Å². The van der Waals surface area contributed by atoms with Crippen molar-refractivity contribution in [2.45, 2.75) is 38.7 Å². The highest BCUT2D eigenvalue weighted by molar-refractivity contribution is 5.86. The maximum absolute atomic E-state index is 12.7. The van der Waals surface area contributed by atoms with Gasteiger partial charge < -0.3 is 14.5 Å².